The Bertz CT molecular complexity index is 860. The van der Waals surface area contributed by atoms with E-state index < -0.39 is 17.3 Å². The van der Waals surface area contributed by atoms with Crippen molar-refractivity contribution >= 4 is 6.08 Å². The van der Waals surface area contributed by atoms with Crippen LogP contribution in [-0.2, 0) is 6.18 Å². The smallest absolute Gasteiger partial charge is 0.416 e. The number of benzene rings is 2. The summed E-state index contributed by atoms with van der Waals surface area (Å²) < 4.78 is 39.2. The predicted molar refractivity (Wildman–Crippen MR) is 95.0 cm³/mol. The first-order valence-corrected chi connectivity index (χ1v) is 7.97. The number of phenolic OH excluding ortho intramolecular Hbond substituents is 2. The standard InChI is InChI=1S/C20H21F3O3/c1-11-12(2)18(25)16(15(17(11)24)8-9-19(3,4)26)13-6-5-7-14(10-13)20(21,22)23/h5-10,24-26H,1-4H3. The van der Waals surface area contributed by atoms with Gasteiger partial charge < -0.3 is 15.3 Å². The molecule has 0 aliphatic carbocycles. The molecule has 0 amide bonds. The second kappa shape index (κ2) is 6.68. The van der Waals surface area contributed by atoms with Crippen LogP contribution in [0.4, 0.5) is 13.2 Å². The third-order valence-corrected chi connectivity index (χ3v) is 4.17. The molecule has 3 nitrogen and oxygen atoms in total. The zero-order valence-corrected chi connectivity index (χ0v) is 14.9. The average Bonchev–Trinajstić information content (AvgIpc) is 2.53. The summed E-state index contributed by atoms with van der Waals surface area (Å²) in [5, 5.41) is 31.0. The minimum Gasteiger partial charge on any atom is -0.507 e. The van der Waals surface area contributed by atoms with Gasteiger partial charge in [-0.3, -0.25) is 0 Å². The molecule has 0 saturated heterocycles. The van der Waals surface area contributed by atoms with Crippen molar-refractivity contribution in [3.05, 3.63) is 52.6 Å². The lowest BCUT2D eigenvalue weighted by Gasteiger charge is -2.18. The van der Waals surface area contributed by atoms with E-state index in [4.69, 9.17) is 0 Å². The van der Waals surface area contributed by atoms with Crippen LogP contribution in [0.25, 0.3) is 17.2 Å². The van der Waals surface area contributed by atoms with Gasteiger partial charge in [-0.15, -0.1) is 0 Å². The van der Waals surface area contributed by atoms with Gasteiger partial charge in [0.2, 0.25) is 0 Å². The first kappa shape index (κ1) is 19.8. The highest BCUT2D eigenvalue weighted by atomic mass is 19.4. The maximum atomic E-state index is 13.1. The molecule has 26 heavy (non-hydrogen) atoms. The molecule has 2 rings (SSSR count). The van der Waals surface area contributed by atoms with Gasteiger partial charge in [-0.05, 0) is 56.5 Å². The quantitative estimate of drug-likeness (QED) is 0.656. The fourth-order valence-electron chi connectivity index (χ4n) is 2.58. The van der Waals surface area contributed by atoms with Crippen LogP contribution >= 0.6 is 0 Å². The van der Waals surface area contributed by atoms with Gasteiger partial charge >= 0.3 is 6.18 Å². The number of hydrogen-bond donors (Lipinski definition) is 3. The summed E-state index contributed by atoms with van der Waals surface area (Å²) in [6.45, 7) is 6.21. The van der Waals surface area contributed by atoms with Crippen LogP contribution in [0.2, 0.25) is 0 Å². The van der Waals surface area contributed by atoms with E-state index in [-0.39, 0.29) is 28.2 Å². The summed E-state index contributed by atoms with van der Waals surface area (Å²) in [5.41, 5.74) is -0.935. The summed E-state index contributed by atoms with van der Waals surface area (Å²) in [5.74, 6) is -0.372. The molecule has 2 aromatic rings. The predicted octanol–water partition coefficient (Wildman–Crippen LogP) is 5.18. The minimum absolute atomic E-state index is 0.0807. The Labute approximate surface area is 150 Å². The highest BCUT2D eigenvalue weighted by Gasteiger charge is 2.31. The van der Waals surface area contributed by atoms with Crippen molar-refractivity contribution < 1.29 is 28.5 Å². The van der Waals surface area contributed by atoms with E-state index in [1.165, 1.54) is 38.1 Å². The van der Waals surface area contributed by atoms with Crippen LogP contribution in [0.1, 0.15) is 36.1 Å². The number of aromatic hydroxyl groups is 2. The second-order valence-corrected chi connectivity index (χ2v) is 6.80. The van der Waals surface area contributed by atoms with Gasteiger partial charge in [0, 0.05) is 11.1 Å². The summed E-state index contributed by atoms with van der Waals surface area (Å²) in [6.07, 6.45) is -1.74. The molecule has 0 saturated carbocycles. The molecular formula is C20H21F3O3. The highest BCUT2D eigenvalue weighted by molar-refractivity contribution is 5.86. The molecule has 3 N–H and O–H groups in total. The molecule has 0 fully saturated rings. The third kappa shape index (κ3) is 4.02. The van der Waals surface area contributed by atoms with Crippen molar-refractivity contribution in [1.82, 2.24) is 0 Å². The number of phenols is 2. The van der Waals surface area contributed by atoms with Crippen molar-refractivity contribution in [3.8, 4) is 22.6 Å². The SMILES string of the molecule is Cc1c(C)c(O)c(-c2cccc(C(F)(F)F)c2)c(C=CC(C)(C)O)c1O. The number of aliphatic hydroxyl groups is 1. The van der Waals surface area contributed by atoms with Gasteiger partial charge in [-0.1, -0.05) is 24.3 Å². The summed E-state index contributed by atoms with van der Waals surface area (Å²) in [7, 11) is 0. The molecule has 0 radical (unpaired) electrons. The second-order valence-electron chi connectivity index (χ2n) is 6.80. The highest BCUT2D eigenvalue weighted by Crippen LogP contribution is 2.44. The molecule has 0 aliphatic heterocycles. The van der Waals surface area contributed by atoms with Crippen molar-refractivity contribution in [1.29, 1.82) is 0 Å². The number of halogens is 3. The van der Waals surface area contributed by atoms with Crippen LogP contribution in [0.5, 0.6) is 11.5 Å². The molecule has 0 bridgehead atoms. The van der Waals surface area contributed by atoms with E-state index in [1.807, 2.05) is 0 Å². The number of rotatable bonds is 3. The van der Waals surface area contributed by atoms with E-state index in [2.05, 4.69) is 0 Å². The Kier molecular flexibility index (Phi) is 5.10. The van der Waals surface area contributed by atoms with E-state index in [0.29, 0.717) is 11.1 Å². The molecule has 0 unspecified atom stereocenters. The Hall–Kier alpha value is -2.47. The summed E-state index contributed by atoms with van der Waals surface area (Å²) >= 11 is 0. The molecule has 0 heterocycles. The average molecular weight is 366 g/mol. The van der Waals surface area contributed by atoms with Crippen LogP contribution in [-0.4, -0.2) is 20.9 Å². The molecule has 2 aromatic carbocycles. The van der Waals surface area contributed by atoms with Gasteiger partial charge in [0.1, 0.15) is 11.5 Å². The molecule has 0 spiro atoms. The van der Waals surface area contributed by atoms with Crippen molar-refractivity contribution in [2.75, 3.05) is 0 Å². The molecule has 6 heteroatoms. The van der Waals surface area contributed by atoms with Gasteiger partial charge in [0.15, 0.2) is 0 Å². The third-order valence-electron chi connectivity index (χ3n) is 4.17. The summed E-state index contributed by atoms with van der Waals surface area (Å²) in [4.78, 5) is 0. The van der Waals surface area contributed by atoms with Gasteiger partial charge in [0.05, 0.1) is 11.2 Å². The Morgan fingerprint density at radius 2 is 1.54 bits per heavy atom. The van der Waals surface area contributed by atoms with Crippen molar-refractivity contribution in [2.24, 2.45) is 0 Å². The summed E-state index contributed by atoms with van der Waals surface area (Å²) in [6, 6.07) is 4.53. The Morgan fingerprint density at radius 1 is 0.962 bits per heavy atom. The van der Waals surface area contributed by atoms with E-state index in [0.717, 1.165) is 12.1 Å². The Balaban J connectivity index is 2.82. The Morgan fingerprint density at radius 3 is 2.08 bits per heavy atom. The first-order valence-electron chi connectivity index (χ1n) is 7.97. The maximum Gasteiger partial charge on any atom is 0.416 e. The normalized spacial score (nSPS) is 12.8. The van der Waals surface area contributed by atoms with E-state index >= 15 is 0 Å². The maximum absolute atomic E-state index is 13.1. The zero-order chi connectivity index (χ0) is 19.9. The van der Waals surface area contributed by atoms with Crippen LogP contribution in [0.15, 0.2) is 30.3 Å². The zero-order valence-electron chi connectivity index (χ0n) is 14.9. The lowest BCUT2D eigenvalue weighted by molar-refractivity contribution is -0.137. The monoisotopic (exact) mass is 366 g/mol. The van der Waals surface area contributed by atoms with Crippen LogP contribution < -0.4 is 0 Å². The number of hydrogen-bond acceptors (Lipinski definition) is 3. The topological polar surface area (TPSA) is 60.7 Å². The molecule has 0 atom stereocenters. The minimum atomic E-state index is -4.53. The van der Waals surface area contributed by atoms with Gasteiger partial charge in [-0.2, -0.15) is 13.2 Å². The molecule has 0 aliphatic rings. The largest absolute Gasteiger partial charge is 0.507 e. The van der Waals surface area contributed by atoms with E-state index in [9.17, 15) is 28.5 Å². The molecular weight excluding hydrogens is 345 g/mol. The number of alkyl halides is 3. The van der Waals surface area contributed by atoms with Crippen molar-refractivity contribution in [3.63, 3.8) is 0 Å². The van der Waals surface area contributed by atoms with Crippen molar-refractivity contribution in [2.45, 2.75) is 39.5 Å². The van der Waals surface area contributed by atoms with Gasteiger partial charge in [-0.25, -0.2) is 0 Å². The first-order chi connectivity index (χ1) is 11.8. The van der Waals surface area contributed by atoms with Crippen LogP contribution in [0.3, 0.4) is 0 Å². The van der Waals surface area contributed by atoms with Gasteiger partial charge in [0.25, 0.3) is 0 Å². The fourth-order valence-corrected chi connectivity index (χ4v) is 2.58. The lowest BCUT2D eigenvalue weighted by atomic mass is 9.90. The molecule has 0 aromatic heterocycles. The van der Waals surface area contributed by atoms with E-state index in [1.54, 1.807) is 13.8 Å². The van der Waals surface area contributed by atoms with Crippen LogP contribution in [0, 0.1) is 13.8 Å². The molecule has 140 valence electrons. The lowest BCUT2D eigenvalue weighted by Crippen LogP contribution is -2.13. The fraction of sp³-hybridized carbons (Fsp3) is 0.300.